The van der Waals surface area contributed by atoms with E-state index in [0.29, 0.717) is 19.6 Å². The highest BCUT2D eigenvalue weighted by molar-refractivity contribution is 4.76. The van der Waals surface area contributed by atoms with Crippen LogP contribution >= 0.6 is 0 Å². The van der Waals surface area contributed by atoms with Gasteiger partial charge in [-0.15, -0.1) is 0 Å². The van der Waals surface area contributed by atoms with Crippen LogP contribution in [0.1, 0.15) is 26.2 Å². The summed E-state index contributed by atoms with van der Waals surface area (Å²) < 4.78 is 41.5. The van der Waals surface area contributed by atoms with Crippen molar-refractivity contribution in [3.8, 4) is 0 Å². The molecule has 0 aromatic rings. The van der Waals surface area contributed by atoms with Crippen molar-refractivity contribution in [2.24, 2.45) is 5.73 Å². The lowest BCUT2D eigenvalue weighted by molar-refractivity contribution is -0.136. The minimum Gasteiger partial charge on any atom is -0.374 e. The molecule has 0 aliphatic carbocycles. The molecule has 1 aliphatic heterocycles. The molecule has 2 unspecified atom stereocenters. The molecular weight excluding hydrogens is 233 g/mol. The number of rotatable bonds is 5. The zero-order chi connectivity index (χ0) is 12.9. The van der Waals surface area contributed by atoms with E-state index in [-0.39, 0.29) is 18.6 Å². The zero-order valence-corrected chi connectivity index (χ0v) is 10.2. The quantitative estimate of drug-likeness (QED) is 0.812. The molecule has 0 aromatic heterocycles. The van der Waals surface area contributed by atoms with Gasteiger partial charge in [-0.2, -0.15) is 13.2 Å². The number of ether oxygens (including phenoxy) is 1. The lowest BCUT2D eigenvalue weighted by Crippen LogP contribution is -2.49. The fraction of sp³-hybridized carbons (Fsp3) is 1.00. The number of nitrogens with zero attached hydrogens (tertiary/aromatic N) is 1. The highest BCUT2D eigenvalue weighted by Gasteiger charge is 2.28. The molecule has 0 saturated carbocycles. The number of nitrogens with two attached hydrogens (primary N) is 1. The van der Waals surface area contributed by atoms with Crippen LogP contribution in [0.15, 0.2) is 0 Å². The molecule has 6 heteroatoms. The molecule has 0 bridgehead atoms. The SMILES string of the molecule is CC(CCCC(F)(F)F)N1CCOC(CN)C1. The van der Waals surface area contributed by atoms with Gasteiger partial charge in [0.25, 0.3) is 0 Å². The molecular formula is C11H21F3N2O. The average Bonchev–Trinajstić information content (AvgIpc) is 2.27. The van der Waals surface area contributed by atoms with Gasteiger partial charge in [0.1, 0.15) is 0 Å². The Labute approximate surface area is 100 Å². The maximum Gasteiger partial charge on any atom is 0.389 e. The Morgan fingerprint density at radius 2 is 2.18 bits per heavy atom. The van der Waals surface area contributed by atoms with E-state index in [1.807, 2.05) is 6.92 Å². The van der Waals surface area contributed by atoms with Crippen LogP contribution in [0.25, 0.3) is 0 Å². The molecule has 2 atom stereocenters. The summed E-state index contributed by atoms with van der Waals surface area (Å²) in [6.45, 7) is 4.56. The van der Waals surface area contributed by atoms with Crippen LogP contribution in [0.2, 0.25) is 0 Å². The summed E-state index contributed by atoms with van der Waals surface area (Å²) >= 11 is 0. The highest BCUT2D eigenvalue weighted by atomic mass is 19.4. The topological polar surface area (TPSA) is 38.5 Å². The first-order valence-electron chi connectivity index (χ1n) is 6.05. The third-order valence-electron chi connectivity index (χ3n) is 3.14. The molecule has 17 heavy (non-hydrogen) atoms. The molecule has 102 valence electrons. The molecule has 3 nitrogen and oxygen atoms in total. The van der Waals surface area contributed by atoms with Crippen molar-refractivity contribution in [2.45, 2.75) is 44.5 Å². The maximum absolute atomic E-state index is 12.0. The summed E-state index contributed by atoms with van der Waals surface area (Å²) in [6.07, 6.45) is -3.95. The third-order valence-corrected chi connectivity index (χ3v) is 3.14. The van der Waals surface area contributed by atoms with Crippen molar-refractivity contribution in [1.29, 1.82) is 0 Å². The van der Waals surface area contributed by atoms with Crippen LogP contribution < -0.4 is 5.73 Å². The Balaban J connectivity index is 2.24. The Morgan fingerprint density at radius 3 is 2.76 bits per heavy atom. The molecule has 1 rings (SSSR count). The summed E-state index contributed by atoms with van der Waals surface area (Å²) in [5.41, 5.74) is 5.52. The van der Waals surface area contributed by atoms with Crippen LogP contribution in [0.3, 0.4) is 0 Å². The zero-order valence-electron chi connectivity index (χ0n) is 10.2. The highest BCUT2D eigenvalue weighted by Crippen LogP contribution is 2.23. The van der Waals surface area contributed by atoms with Gasteiger partial charge in [-0.3, -0.25) is 4.90 Å². The van der Waals surface area contributed by atoms with E-state index in [1.54, 1.807) is 0 Å². The van der Waals surface area contributed by atoms with Crippen molar-refractivity contribution >= 4 is 0 Å². The van der Waals surface area contributed by atoms with E-state index >= 15 is 0 Å². The van der Waals surface area contributed by atoms with Crippen LogP contribution in [0, 0.1) is 0 Å². The standard InChI is InChI=1S/C11H21F3N2O/c1-9(3-2-4-11(12,13)14)16-5-6-17-10(7-15)8-16/h9-10H,2-8,15H2,1H3. The number of halogens is 3. The van der Waals surface area contributed by atoms with Gasteiger partial charge in [-0.1, -0.05) is 0 Å². The summed E-state index contributed by atoms with van der Waals surface area (Å²) in [5.74, 6) is 0. The van der Waals surface area contributed by atoms with Crippen molar-refractivity contribution in [3.05, 3.63) is 0 Å². The Morgan fingerprint density at radius 1 is 1.47 bits per heavy atom. The molecule has 1 heterocycles. The number of alkyl halides is 3. The normalized spacial score (nSPS) is 24.9. The number of hydrogen-bond donors (Lipinski definition) is 1. The lowest BCUT2D eigenvalue weighted by atomic mass is 10.1. The molecule has 0 amide bonds. The van der Waals surface area contributed by atoms with E-state index < -0.39 is 12.6 Å². The fourth-order valence-electron chi connectivity index (χ4n) is 2.07. The Kier molecular flexibility index (Phi) is 5.69. The monoisotopic (exact) mass is 254 g/mol. The minimum atomic E-state index is -4.04. The van der Waals surface area contributed by atoms with Gasteiger partial charge in [-0.05, 0) is 19.8 Å². The van der Waals surface area contributed by atoms with Crippen LogP contribution in [0.4, 0.5) is 13.2 Å². The Hall–Kier alpha value is -0.330. The maximum atomic E-state index is 12.0. The van der Waals surface area contributed by atoms with Gasteiger partial charge >= 0.3 is 6.18 Å². The minimum absolute atomic E-state index is 0.0221. The van der Waals surface area contributed by atoms with E-state index in [0.717, 1.165) is 13.1 Å². The van der Waals surface area contributed by atoms with E-state index in [9.17, 15) is 13.2 Å². The fourth-order valence-corrected chi connectivity index (χ4v) is 2.07. The molecule has 0 spiro atoms. The van der Waals surface area contributed by atoms with Crippen molar-refractivity contribution in [1.82, 2.24) is 4.90 Å². The van der Waals surface area contributed by atoms with Gasteiger partial charge < -0.3 is 10.5 Å². The third kappa shape index (κ3) is 5.70. The van der Waals surface area contributed by atoms with Gasteiger partial charge in [0.15, 0.2) is 0 Å². The second kappa shape index (κ2) is 6.56. The van der Waals surface area contributed by atoms with Crippen LogP contribution in [-0.4, -0.2) is 49.5 Å². The molecule has 2 N–H and O–H groups in total. The van der Waals surface area contributed by atoms with Crippen molar-refractivity contribution in [2.75, 3.05) is 26.2 Å². The second-order valence-electron chi connectivity index (χ2n) is 4.58. The largest absolute Gasteiger partial charge is 0.389 e. The first-order chi connectivity index (χ1) is 7.92. The number of morpholine rings is 1. The van der Waals surface area contributed by atoms with Crippen molar-refractivity contribution in [3.63, 3.8) is 0 Å². The summed E-state index contributed by atoms with van der Waals surface area (Å²) in [6, 6.07) is 0.162. The Bertz CT molecular complexity index is 223. The lowest BCUT2D eigenvalue weighted by Gasteiger charge is -2.36. The van der Waals surface area contributed by atoms with Crippen LogP contribution in [0.5, 0.6) is 0 Å². The first-order valence-corrected chi connectivity index (χ1v) is 6.05. The van der Waals surface area contributed by atoms with Gasteiger partial charge in [0.2, 0.25) is 0 Å². The molecule has 0 radical (unpaired) electrons. The van der Waals surface area contributed by atoms with Crippen LogP contribution in [-0.2, 0) is 4.74 Å². The van der Waals surface area contributed by atoms with Crippen molar-refractivity contribution < 1.29 is 17.9 Å². The smallest absolute Gasteiger partial charge is 0.374 e. The van der Waals surface area contributed by atoms with E-state index in [1.165, 1.54) is 0 Å². The average molecular weight is 254 g/mol. The van der Waals surface area contributed by atoms with Gasteiger partial charge in [0.05, 0.1) is 12.7 Å². The van der Waals surface area contributed by atoms with Gasteiger partial charge in [0, 0.05) is 32.1 Å². The molecule has 1 saturated heterocycles. The first kappa shape index (κ1) is 14.7. The van der Waals surface area contributed by atoms with E-state index in [2.05, 4.69) is 4.90 Å². The second-order valence-corrected chi connectivity index (χ2v) is 4.58. The molecule has 1 aliphatic rings. The summed E-state index contributed by atoms with van der Waals surface area (Å²) in [5, 5.41) is 0. The predicted molar refractivity (Wildman–Crippen MR) is 59.7 cm³/mol. The summed E-state index contributed by atoms with van der Waals surface area (Å²) in [7, 11) is 0. The molecule has 1 fully saturated rings. The van der Waals surface area contributed by atoms with Gasteiger partial charge in [-0.25, -0.2) is 0 Å². The number of hydrogen-bond acceptors (Lipinski definition) is 3. The predicted octanol–water partition coefficient (Wildman–Crippen LogP) is 1.77. The van der Waals surface area contributed by atoms with E-state index in [4.69, 9.17) is 10.5 Å². The molecule has 0 aromatic carbocycles. The summed E-state index contributed by atoms with van der Waals surface area (Å²) in [4.78, 5) is 2.16.